The number of rotatable bonds is 7. The van der Waals surface area contributed by atoms with Gasteiger partial charge in [-0.05, 0) is 30.4 Å². The molecule has 3 amide bonds. The van der Waals surface area contributed by atoms with Crippen molar-refractivity contribution in [3.63, 3.8) is 0 Å². The van der Waals surface area contributed by atoms with Crippen molar-refractivity contribution < 1.29 is 14.4 Å². The first kappa shape index (κ1) is 22.1. The second kappa shape index (κ2) is 10.4. The van der Waals surface area contributed by atoms with Gasteiger partial charge in [-0.25, -0.2) is 0 Å². The van der Waals surface area contributed by atoms with E-state index in [4.69, 9.17) is 0 Å². The molecule has 0 bridgehead atoms. The predicted octanol–water partition coefficient (Wildman–Crippen LogP) is 2.78. The molecule has 168 valence electrons. The second-order valence-electron chi connectivity index (χ2n) is 8.81. The summed E-state index contributed by atoms with van der Waals surface area (Å²) in [7, 11) is 0. The molecular formula is C26H31N3O3. The number of carbonyl (C=O) groups excluding carboxylic acids is 3. The Bertz CT molecular complexity index is 924. The first-order valence-electron chi connectivity index (χ1n) is 11.5. The third-order valence-electron chi connectivity index (χ3n) is 6.47. The number of likely N-dealkylation sites (tertiary alicyclic amines) is 2. The Kier molecular flexibility index (Phi) is 7.20. The van der Waals surface area contributed by atoms with Gasteiger partial charge in [0.1, 0.15) is 0 Å². The molecule has 6 heteroatoms. The minimum atomic E-state index is -0.295. The smallest absolute Gasteiger partial charge is 0.225 e. The second-order valence-corrected chi connectivity index (χ2v) is 8.81. The lowest BCUT2D eigenvalue weighted by molar-refractivity contribution is -0.132. The summed E-state index contributed by atoms with van der Waals surface area (Å²) < 4.78 is 0. The maximum atomic E-state index is 12.8. The molecule has 32 heavy (non-hydrogen) atoms. The summed E-state index contributed by atoms with van der Waals surface area (Å²) in [5.74, 6) is -0.121. The van der Waals surface area contributed by atoms with Crippen molar-refractivity contribution in [2.75, 3.05) is 19.6 Å². The highest BCUT2D eigenvalue weighted by Crippen LogP contribution is 2.21. The maximum Gasteiger partial charge on any atom is 0.225 e. The number of benzene rings is 2. The lowest BCUT2D eigenvalue weighted by atomic mass is 10.0. The average molecular weight is 434 g/mol. The Hall–Kier alpha value is -3.15. The fourth-order valence-corrected chi connectivity index (χ4v) is 4.55. The molecule has 0 saturated carbocycles. The predicted molar refractivity (Wildman–Crippen MR) is 122 cm³/mol. The average Bonchev–Trinajstić information content (AvgIpc) is 3.19. The van der Waals surface area contributed by atoms with E-state index < -0.39 is 0 Å². The van der Waals surface area contributed by atoms with Crippen molar-refractivity contribution >= 4 is 17.7 Å². The van der Waals surface area contributed by atoms with E-state index in [9.17, 15) is 14.4 Å². The van der Waals surface area contributed by atoms with E-state index in [1.165, 1.54) is 5.56 Å². The number of aryl methyl sites for hydroxylation is 1. The van der Waals surface area contributed by atoms with Crippen LogP contribution >= 0.6 is 0 Å². The molecule has 4 rings (SSSR count). The summed E-state index contributed by atoms with van der Waals surface area (Å²) >= 11 is 0. The van der Waals surface area contributed by atoms with Crippen LogP contribution in [0.4, 0.5) is 0 Å². The molecule has 1 N–H and O–H groups in total. The van der Waals surface area contributed by atoms with E-state index in [0.29, 0.717) is 32.6 Å². The van der Waals surface area contributed by atoms with E-state index in [2.05, 4.69) is 5.32 Å². The molecule has 0 spiro atoms. The zero-order valence-corrected chi connectivity index (χ0v) is 18.4. The van der Waals surface area contributed by atoms with Crippen LogP contribution in [0.3, 0.4) is 0 Å². The number of carbonyl (C=O) groups is 3. The van der Waals surface area contributed by atoms with Gasteiger partial charge in [-0.1, -0.05) is 60.7 Å². The van der Waals surface area contributed by atoms with Crippen LogP contribution in [0.5, 0.6) is 0 Å². The molecule has 1 unspecified atom stereocenters. The first-order valence-corrected chi connectivity index (χ1v) is 11.5. The van der Waals surface area contributed by atoms with Crippen LogP contribution < -0.4 is 5.32 Å². The van der Waals surface area contributed by atoms with Crippen molar-refractivity contribution in [1.82, 2.24) is 15.1 Å². The third-order valence-corrected chi connectivity index (χ3v) is 6.47. The van der Waals surface area contributed by atoms with Gasteiger partial charge in [0.15, 0.2) is 0 Å². The van der Waals surface area contributed by atoms with E-state index in [-0.39, 0.29) is 36.1 Å². The summed E-state index contributed by atoms with van der Waals surface area (Å²) in [5, 5.41) is 3.13. The van der Waals surface area contributed by atoms with Gasteiger partial charge in [0.05, 0.1) is 5.92 Å². The van der Waals surface area contributed by atoms with Crippen LogP contribution in [0.25, 0.3) is 0 Å². The van der Waals surface area contributed by atoms with Crippen LogP contribution in [0, 0.1) is 5.92 Å². The molecule has 0 aliphatic carbocycles. The van der Waals surface area contributed by atoms with Gasteiger partial charge in [-0.15, -0.1) is 0 Å². The fraction of sp³-hybridized carbons (Fsp3) is 0.423. The third kappa shape index (κ3) is 5.75. The zero-order valence-electron chi connectivity index (χ0n) is 18.4. The van der Waals surface area contributed by atoms with Crippen molar-refractivity contribution in [3.8, 4) is 0 Å². The highest BCUT2D eigenvalue weighted by Gasteiger charge is 2.35. The lowest BCUT2D eigenvalue weighted by Gasteiger charge is -2.33. The van der Waals surface area contributed by atoms with Crippen LogP contribution in [0.2, 0.25) is 0 Å². The Morgan fingerprint density at radius 1 is 0.906 bits per heavy atom. The van der Waals surface area contributed by atoms with E-state index in [1.807, 2.05) is 65.6 Å². The molecule has 2 aliphatic heterocycles. The summed E-state index contributed by atoms with van der Waals surface area (Å²) in [6, 6.07) is 20.0. The molecule has 0 radical (unpaired) electrons. The Morgan fingerprint density at radius 3 is 2.19 bits per heavy atom. The number of nitrogens with one attached hydrogen (secondary N) is 1. The molecule has 0 aromatic heterocycles. The Balaban J connectivity index is 1.19. The minimum Gasteiger partial charge on any atom is -0.353 e. The highest BCUT2D eigenvalue weighted by molar-refractivity contribution is 5.89. The van der Waals surface area contributed by atoms with Gasteiger partial charge in [0.25, 0.3) is 0 Å². The zero-order chi connectivity index (χ0) is 22.3. The molecule has 2 aromatic carbocycles. The quantitative estimate of drug-likeness (QED) is 0.730. The van der Waals surface area contributed by atoms with Gasteiger partial charge in [0.2, 0.25) is 17.7 Å². The Labute approximate surface area is 189 Å². The lowest BCUT2D eigenvalue weighted by Crippen LogP contribution is -2.48. The standard InChI is InChI=1S/C26H31N3O3/c30-24(12-11-20-7-3-1-4-8-20)28-15-13-23(14-16-28)27-26(32)22-17-25(31)29(19-22)18-21-9-5-2-6-10-21/h1-10,22-23H,11-19H2,(H,27,32). The molecule has 1 atom stereocenters. The summed E-state index contributed by atoms with van der Waals surface area (Å²) in [6.45, 7) is 2.36. The van der Waals surface area contributed by atoms with Crippen LogP contribution in [0.1, 0.15) is 36.8 Å². The van der Waals surface area contributed by atoms with Gasteiger partial charge in [0, 0.05) is 45.1 Å². The summed E-state index contributed by atoms with van der Waals surface area (Å²) in [6.07, 6.45) is 3.07. The monoisotopic (exact) mass is 433 g/mol. The highest BCUT2D eigenvalue weighted by atomic mass is 16.2. The maximum absolute atomic E-state index is 12.8. The van der Waals surface area contributed by atoms with Gasteiger partial charge < -0.3 is 15.1 Å². The molecule has 2 fully saturated rings. The van der Waals surface area contributed by atoms with Crippen LogP contribution in [-0.2, 0) is 27.3 Å². The van der Waals surface area contributed by atoms with E-state index >= 15 is 0 Å². The number of amides is 3. The van der Waals surface area contributed by atoms with Crippen LogP contribution in [-0.4, -0.2) is 53.2 Å². The topological polar surface area (TPSA) is 69.7 Å². The molecule has 2 heterocycles. The van der Waals surface area contributed by atoms with Crippen molar-refractivity contribution in [3.05, 3.63) is 71.8 Å². The van der Waals surface area contributed by atoms with E-state index in [1.54, 1.807) is 4.90 Å². The summed E-state index contributed by atoms with van der Waals surface area (Å²) in [4.78, 5) is 41.3. The molecule has 2 aliphatic rings. The number of nitrogens with zero attached hydrogens (tertiary/aromatic N) is 2. The van der Waals surface area contributed by atoms with Crippen molar-refractivity contribution in [2.24, 2.45) is 5.92 Å². The first-order chi connectivity index (χ1) is 15.6. The normalized spacial score (nSPS) is 19.2. The van der Waals surface area contributed by atoms with Gasteiger partial charge in [-0.2, -0.15) is 0 Å². The van der Waals surface area contributed by atoms with Gasteiger partial charge >= 0.3 is 0 Å². The largest absolute Gasteiger partial charge is 0.353 e. The SMILES string of the molecule is O=C(NC1CCN(C(=O)CCc2ccccc2)CC1)C1CC(=O)N(Cc2ccccc2)C1. The molecule has 2 aromatic rings. The summed E-state index contributed by atoms with van der Waals surface area (Å²) in [5.41, 5.74) is 2.25. The minimum absolute atomic E-state index is 0.0350. The molecule has 2 saturated heterocycles. The van der Waals surface area contributed by atoms with Crippen molar-refractivity contribution in [2.45, 2.75) is 44.7 Å². The molecule has 6 nitrogen and oxygen atoms in total. The number of hydrogen-bond acceptors (Lipinski definition) is 3. The van der Waals surface area contributed by atoms with Crippen molar-refractivity contribution in [1.29, 1.82) is 0 Å². The number of piperidine rings is 1. The van der Waals surface area contributed by atoms with Gasteiger partial charge in [-0.3, -0.25) is 14.4 Å². The molecular weight excluding hydrogens is 402 g/mol. The number of hydrogen-bond donors (Lipinski definition) is 1. The fourth-order valence-electron chi connectivity index (χ4n) is 4.55. The van der Waals surface area contributed by atoms with E-state index in [0.717, 1.165) is 24.8 Å². The Morgan fingerprint density at radius 2 is 1.53 bits per heavy atom. The van der Waals surface area contributed by atoms with Crippen LogP contribution in [0.15, 0.2) is 60.7 Å².